The van der Waals surface area contributed by atoms with Crippen LogP contribution in [-0.2, 0) is 0 Å². The number of hydrogen-bond acceptors (Lipinski definition) is 5. The molecule has 0 fully saturated rings. The fourth-order valence-corrected chi connectivity index (χ4v) is 5.83. The van der Waals surface area contributed by atoms with Crippen molar-refractivity contribution in [2.45, 2.75) is 6.92 Å². The number of rotatable bonds is 6. The highest BCUT2D eigenvalue weighted by Crippen LogP contribution is 2.34. The van der Waals surface area contributed by atoms with E-state index in [2.05, 4.69) is 72.8 Å². The van der Waals surface area contributed by atoms with Crippen LogP contribution >= 0.6 is 0 Å². The van der Waals surface area contributed by atoms with Gasteiger partial charge >= 0.3 is 0 Å². The van der Waals surface area contributed by atoms with Crippen molar-refractivity contribution >= 4 is 10.9 Å². The molecule has 0 aliphatic rings. The Kier molecular flexibility index (Phi) is 7.32. The van der Waals surface area contributed by atoms with Crippen molar-refractivity contribution in [2.75, 3.05) is 0 Å². The zero-order valence-corrected chi connectivity index (χ0v) is 25.7. The van der Waals surface area contributed by atoms with Crippen LogP contribution in [0.2, 0.25) is 0 Å². The average Bonchev–Trinajstić information content (AvgIpc) is 3.15. The summed E-state index contributed by atoms with van der Waals surface area (Å²) in [6, 6.07) is 53.5. The number of fused-ring (bicyclic) bond motifs is 1. The summed E-state index contributed by atoms with van der Waals surface area (Å²) in [5.41, 5.74) is 10.5. The highest BCUT2D eigenvalue weighted by Gasteiger charge is 2.16. The second kappa shape index (κ2) is 12.2. The lowest BCUT2D eigenvalue weighted by Crippen LogP contribution is -2.01. The summed E-state index contributed by atoms with van der Waals surface area (Å²) in [6.07, 6.45) is 0. The predicted octanol–water partition coefficient (Wildman–Crippen LogP) is 10.1. The van der Waals surface area contributed by atoms with Crippen LogP contribution in [0.1, 0.15) is 5.69 Å². The molecule has 0 saturated carbocycles. The van der Waals surface area contributed by atoms with E-state index in [9.17, 15) is 0 Å². The lowest BCUT2D eigenvalue weighted by Gasteiger charge is -2.13. The number of hydrogen-bond donors (Lipinski definition) is 0. The van der Waals surface area contributed by atoms with Gasteiger partial charge in [0, 0.05) is 38.9 Å². The molecule has 8 aromatic rings. The molecule has 0 atom stereocenters. The molecular weight excluding hydrogens is 574 g/mol. The normalized spacial score (nSPS) is 11.1. The quantitative estimate of drug-likeness (QED) is 0.189. The van der Waals surface area contributed by atoms with Gasteiger partial charge in [0.15, 0.2) is 17.5 Å². The third-order valence-electron chi connectivity index (χ3n) is 8.14. The minimum atomic E-state index is 0.581. The Morgan fingerprint density at radius 3 is 1.47 bits per heavy atom. The Balaban J connectivity index is 1.36. The summed E-state index contributed by atoms with van der Waals surface area (Å²) in [6.45, 7) is 2.04. The molecule has 0 radical (unpaired) electrons. The molecule has 0 unspecified atom stereocenters. The van der Waals surface area contributed by atoms with Crippen molar-refractivity contribution in [2.24, 2.45) is 0 Å². The van der Waals surface area contributed by atoms with Crippen molar-refractivity contribution in [1.82, 2.24) is 24.9 Å². The van der Waals surface area contributed by atoms with Gasteiger partial charge in [-0.1, -0.05) is 115 Å². The third kappa shape index (κ3) is 5.90. The lowest BCUT2D eigenvalue weighted by molar-refractivity contribution is 1.07. The van der Waals surface area contributed by atoms with E-state index in [1.165, 1.54) is 0 Å². The topological polar surface area (TPSA) is 64.5 Å². The van der Waals surface area contributed by atoms with E-state index in [0.29, 0.717) is 17.5 Å². The lowest BCUT2D eigenvalue weighted by atomic mass is 9.97. The molecule has 0 amide bonds. The molecule has 5 aromatic carbocycles. The standard InChI is InChI=1S/C42H29N5/c1-28-23-33(29-13-5-2-6-14-29)27-39(43-28)35-24-34(38-22-21-30-15-11-12-20-37(30)44-38)25-36(26-35)42-46-40(31-16-7-3-8-17-31)45-41(47-42)32-18-9-4-10-19-32/h2-27H,1H3. The van der Waals surface area contributed by atoms with Gasteiger partial charge in [0.25, 0.3) is 0 Å². The first-order valence-corrected chi connectivity index (χ1v) is 15.6. The van der Waals surface area contributed by atoms with Gasteiger partial charge in [0.2, 0.25) is 0 Å². The summed E-state index contributed by atoms with van der Waals surface area (Å²) in [5, 5.41) is 1.10. The van der Waals surface area contributed by atoms with Gasteiger partial charge in [0.05, 0.1) is 16.9 Å². The highest BCUT2D eigenvalue weighted by molar-refractivity contribution is 5.84. The molecule has 3 aromatic heterocycles. The number of aryl methyl sites for hydroxylation is 1. The number of benzene rings is 5. The van der Waals surface area contributed by atoms with Crippen LogP contribution in [0.15, 0.2) is 158 Å². The molecule has 3 heterocycles. The Hall–Kier alpha value is -6.33. The molecule has 222 valence electrons. The van der Waals surface area contributed by atoms with Crippen LogP contribution in [0.3, 0.4) is 0 Å². The first kappa shape index (κ1) is 28.2. The first-order chi connectivity index (χ1) is 23.2. The summed E-state index contributed by atoms with van der Waals surface area (Å²) in [7, 11) is 0. The summed E-state index contributed by atoms with van der Waals surface area (Å²) >= 11 is 0. The second-order valence-electron chi connectivity index (χ2n) is 11.5. The Morgan fingerprint density at radius 1 is 0.319 bits per heavy atom. The molecule has 5 heteroatoms. The van der Waals surface area contributed by atoms with Crippen LogP contribution in [-0.4, -0.2) is 24.9 Å². The molecule has 0 spiro atoms. The SMILES string of the molecule is Cc1cc(-c2ccccc2)cc(-c2cc(-c3ccc4ccccc4n3)cc(-c3nc(-c4ccccc4)nc(-c4ccccc4)n3)c2)n1. The van der Waals surface area contributed by atoms with Crippen molar-refractivity contribution in [3.63, 3.8) is 0 Å². The van der Waals surface area contributed by atoms with Gasteiger partial charge in [-0.15, -0.1) is 0 Å². The third-order valence-corrected chi connectivity index (χ3v) is 8.14. The summed E-state index contributed by atoms with van der Waals surface area (Å²) in [4.78, 5) is 25.0. The molecule has 5 nitrogen and oxygen atoms in total. The first-order valence-electron chi connectivity index (χ1n) is 15.6. The van der Waals surface area contributed by atoms with Crippen LogP contribution in [0.25, 0.3) is 78.7 Å². The fourth-order valence-electron chi connectivity index (χ4n) is 5.83. The van der Waals surface area contributed by atoms with Crippen molar-refractivity contribution in [3.05, 3.63) is 163 Å². The molecule has 0 bridgehead atoms. The van der Waals surface area contributed by atoms with E-state index in [1.807, 2.05) is 91.9 Å². The molecular formula is C42H29N5. The van der Waals surface area contributed by atoms with E-state index < -0.39 is 0 Å². The Morgan fingerprint density at radius 2 is 0.830 bits per heavy atom. The number of para-hydroxylation sites is 1. The highest BCUT2D eigenvalue weighted by atomic mass is 15.0. The van der Waals surface area contributed by atoms with E-state index in [4.69, 9.17) is 24.9 Å². The zero-order valence-electron chi connectivity index (χ0n) is 25.7. The van der Waals surface area contributed by atoms with Gasteiger partial charge < -0.3 is 0 Å². The molecule has 0 aliphatic heterocycles. The summed E-state index contributed by atoms with van der Waals surface area (Å²) in [5.74, 6) is 1.81. The maximum Gasteiger partial charge on any atom is 0.164 e. The number of nitrogens with zero attached hydrogens (tertiary/aromatic N) is 5. The van der Waals surface area contributed by atoms with E-state index in [1.54, 1.807) is 0 Å². The minimum Gasteiger partial charge on any atom is -0.253 e. The maximum absolute atomic E-state index is 5.05. The Bertz CT molecular complexity index is 2300. The van der Waals surface area contributed by atoms with Crippen LogP contribution in [0.4, 0.5) is 0 Å². The van der Waals surface area contributed by atoms with Gasteiger partial charge in [-0.2, -0.15) is 0 Å². The van der Waals surface area contributed by atoms with Crippen molar-refractivity contribution in [1.29, 1.82) is 0 Å². The molecule has 8 rings (SSSR count). The maximum atomic E-state index is 5.05. The van der Waals surface area contributed by atoms with E-state index in [0.717, 1.165) is 66.9 Å². The van der Waals surface area contributed by atoms with Gasteiger partial charge in [-0.25, -0.2) is 19.9 Å². The molecule has 0 N–H and O–H groups in total. The number of pyridine rings is 2. The molecule has 47 heavy (non-hydrogen) atoms. The van der Waals surface area contributed by atoms with Gasteiger partial charge in [0.1, 0.15) is 0 Å². The smallest absolute Gasteiger partial charge is 0.164 e. The largest absolute Gasteiger partial charge is 0.253 e. The van der Waals surface area contributed by atoms with Crippen molar-refractivity contribution in [3.8, 4) is 67.8 Å². The summed E-state index contributed by atoms with van der Waals surface area (Å²) < 4.78 is 0. The fraction of sp³-hybridized carbons (Fsp3) is 0.0238. The second-order valence-corrected chi connectivity index (χ2v) is 11.5. The predicted molar refractivity (Wildman–Crippen MR) is 190 cm³/mol. The number of aromatic nitrogens is 5. The van der Waals surface area contributed by atoms with Crippen LogP contribution < -0.4 is 0 Å². The minimum absolute atomic E-state index is 0.581. The molecule has 0 aliphatic carbocycles. The van der Waals surface area contributed by atoms with Gasteiger partial charge in [-0.05, 0) is 60.5 Å². The van der Waals surface area contributed by atoms with E-state index >= 15 is 0 Å². The zero-order chi connectivity index (χ0) is 31.6. The van der Waals surface area contributed by atoms with E-state index in [-0.39, 0.29) is 0 Å². The van der Waals surface area contributed by atoms with Crippen molar-refractivity contribution < 1.29 is 0 Å². The monoisotopic (exact) mass is 603 g/mol. The Labute approximate surface area is 273 Å². The molecule has 0 saturated heterocycles. The van der Waals surface area contributed by atoms with Crippen LogP contribution in [0, 0.1) is 6.92 Å². The van der Waals surface area contributed by atoms with Crippen LogP contribution in [0.5, 0.6) is 0 Å². The average molecular weight is 604 g/mol. The van der Waals surface area contributed by atoms with Gasteiger partial charge in [-0.3, -0.25) is 4.98 Å².